The van der Waals surface area contributed by atoms with Gasteiger partial charge in [-0.05, 0) is 23.6 Å². The Morgan fingerprint density at radius 1 is 1.21 bits per heavy atom. The third-order valence-corrected chi connectivity index (χ3v) is 4.89. The van der Waals surface area contributed by atoms with Gasteiger partial charge in [-0.1, -0.05) is 37.6 Å². The molecule has 1 heterocycles. The van der Waals surface area contributed by atoms with Crippen LogP contribution in [0.3, 0.4) is 0 Å². The third-order valence-electron chi connectivity index (χ3n) is 4.66. The van der Waals surface area contributed by atoms with Crippen molar-refractivity contribution in [2.75, 3.05) is 39.4 Å². The average molecular weight is 470 g/mol. The highest BCUT2D eigenvalue weighted by atomic mass is 35.5. The largest absolute Gasteiger partial charge is 0.379 e. The molecule has 0 bridgehead atoms. The van der Waals surface area contributed by atoms with Crippen LogP contribution in [0, 0.1) is 5.92 Å². The number of nitrogens with one attached hydrogen (secondary N) is 2. The maximum Gasteiger partial charge on any atom is 0.239 e. The lowest BCUT2D eigenvalue weighted by Gasteiger charge is -2.35. The quantitative estimate of drug-likeness (QED) is 0.539. The highest BCUT2D eigenvalue weighted by Gasteiger charge is 2.24. The van der Waals surface area contributed by atoms with E-state index in [0.29, 0.717) is 24.8 Å². The number of carbonyl (C=O) groups excluding carboxylic acids is 2. The first-order valence-electron chi connectivity index (χ1n) is 9.25. The van der Waals surface area contributed by atoms with Gasteiger partial charge >= 0.3 is 0 Å². The Morgan fingerprint density at radius 3 is 2.45 bits per heavy atom. The Kier molecular flexibility index (Phi) is 13.5. The second kappa shape index (κ2) is 14.0. The van der Waals surface area contributed by atoms with Crippen LogP contribution >= 0.6 is 36.4 Å². The summed E-state index contributed by atoms with van der Waals surface area (Å²) >= 11 is 6.14. The van der Waals surface area contributed by atoms with Gasteiger partial charge in [0.25, 0.3) is 0 Å². The Balaban J connectivity index is 0.00000392. The van der Waals surface area contributed by atoms with Crippen molar-refractivity contribution in [3.8, 4) is 0 Å². The third kappa shape index (κ3) is 9.07. The maximum absolute atomic E-state index is 12.2. The van der Waals surface area contributed by atoms with Crippen LogP contribution < -0.4 is 16.4 Å². The van der Waals surface area contributed by atoms with E-state index in [-0.39, 0.29) is 55.1 Å². The Bertz CT molecular complexity index is 643. The summed E-state index contributed by atoms with van der Waals surface area (Å²) < 4.78 is 5.43. The Hall–Kier alpha value is -1.09. The van der Waals surface area contributed by atoms with Crippen molar-refractivity contribution in [1.82, 2.24) is 15.5 Å². The first kappa shape index (κ1) is 27.9. The molecule has 1 saturated heterocycles. The zero-order chi connectivity index (χ0) is 19.8. The van der Waals surface area contributed by atoms with E-state index in [0.717, 1.165) is 18.7 Å². The second-order valence-electron chi connectivity index (χ2n) is 7.01. The molecule has 2 atom stereocenters. The van der Waals surface area contributed by atoms with Gasteiger partial charge in [0.1, 0.15) is 0 Å². The minimum Gasteiger partial charge on any atom is -0.379 e. The van der Waals surface area contributed by atoms with Crippen molar-refractivity contribution in [3.05, 3.63) is 34.9 Å². The molecule has 1 fully saturated rings. The van der Waals surface area contributed by atoms with Crippen molar-refractivity contribution in [2.45, 2.75) is 25.9 Å². The van der Waals surface area contributed by atoms with Crippen molar-refractivity contribution in [1.29, 1.82) is 0 Å². The highest BCUT2D eigenvalue weighted by Crippen LogP contribution is 2.23. The minimum absolute atomic E-state index is 0. The van der Waals surface area contributed by atoms with Crippen LogP contribution in [0.1, 0.15) is 25.5 Å². The fourth-order valence-corrected chi connectivity index (χ4v) is 3.12. The molecule has 2 amide bonds. The van der Waals surface area contributed by atoms with Crippen molar-refractivity contribution < 1.29 is 14.3 Å². The maximum atomic E-state index is 12.2. The normalized spacial score (nSPS) is 16.2. The zero-order valence-corrected chi connectivity index (χ0v) is 19.1. The Labute approximate surface area is 189 Å². The summed E-state index contributed by atoms with van der Waals surface area (Å²) in [7, 11) is 0. The van der Waals surface area contributed by atoms with Crippen molar-refractivity contribution in [3.63, 3.8) is 0 Å². The van der Waals surface area contributed by atoms with Gasteiger partial charge in [0.05, 0.1) is 31.8 Å². The molecule has 1 aliphatic rings. The summed E-state index contributed by atoms with van der Waals surface area (Å²) in [5.74, 6) is -0.555. The number of nitrogens with two attached hydrogens (primary N) is 1. The van der Waals surface area contributed by atoms with Gasteiger partial charge in [0.15, 0.2) is 0 Å². The monoisotopic (exact) mass is 468 g/mol. The molecular weight excluding hydrogens is 439 g/mol. The smallest absolute Gasteiger partial charge is 0.239 e. The first-order chi connectivity index (χ1) is 12.9. The Morgan fingerprint density at radius 2 is 1.86 bits per heavy atom. The molecule has 1 unspecified atom stereocenters. The molecule has 0 radical (unpaired) electrons. The molecule has 7 nitrogen and oxygen atoms in total. The molecule has 0 saturated carbocycles. The summed E-state index contributed by atoms with van der Waals surface area (Å²) in [5, 5.41) is 6.15. The SMILES string of the molecule is CC(C)[C@H](N)C(=O)NCC(=O)NCC(c1cccc(Cl)c1)N1CCOCC1.Cl.Cl. The van der Waals surface area contributed by atoms with Crippen LogP contribution in [0.5, 0.6) is 0 Å². The summed E-state index contributed by atoms with van der Waals surface area (Å²) in [6, 6.07) is 7.02. The lowest BCUT2D eigenvalue weighted by molar-refractivity contribution is -0.127. The number of hydrogen-bond acceptors (Lipinski definition) is 5. The highest BCUT2D eigenvalue weighted by molar-refractivity contribution is 6.30. The summed E-state index contributed by atoms with van der Waals surface area (Å²) in [6.45, 7) is 6.95. The van der Waals surface area contributed by atoms with E-state index in [1.807, 2.05) is 38.1 Å². The summed E-state index contributed by atoms with van der Waals surface area (Å²) in [6.07, 6.45) is 0. The molecule has 1 aromatic rings. The lowest BCUT2D eigenvalue weighted by atomic mass is 10.0. The fraction of sp³-hybridized carbons (Fsp3) is 0.579. The van der Waals surface area contributed by atoms with E-state index >= 15 is 0 Å². The number of rotatable bonds is 8. The number of hydrogen-bond donors (Lipinski definition) is 3. The zero-order valence-electron chi connectivity index (χ0n) is 16.7. The van der Waals surface area contributed by atoms with E-state index < -0.39 is 6.04 Å². The number of benzene rings is 1. The molecule has 0 aromatic heterocycles. The lowest BCUT2D eigenvalue weighted by Crippen LogP contribution is -2.48. The number of ether oxygens (including phenoxy) is 1. The van der Waals surface area contributed by atoms with Crippen LogP contribution in [-0.2, 0) is 14.3 Å². The van der Waals surface area contributed by atoms with E-state index in [9.17, 15) is 9.59 Å². The molecule has 0 spiro atoms. The molecule has 10 heteroatoms. The van der Waals surface area contributed by atoms with E-state index in [1.165, 1.54) is 0 Å². The minimum atomic E-state index is -0.620. The van der Waals surface area contributed by atoms with Crippen molar-refractivity contribution in [2.24, 2.45) is 11.7 Å². The van der Waals surface area contributed by atoms with Gasteiger partial charge in [-0.2, -0.15) is 0 Å². The number of carbonyl (C=O) groups is 2. The molecule has 4 N–H and O–H groups in total. The van der Waals surface area contributed by atoms with Crippen LogP contribution in [-0.4, -0.2) is 62.1 Å². The number of halogens is 3. The molecule has 166 valence electrons. The average Bonchev–Trinajstić information content (AvgIpc) is 2.66. The van der Waals surface area contributed by atoms with Gasteiger partial charge < -0.3 is 21.1 Å². The molecule has 0 aliphatic carbocycles. The van der Waals surface area contributed by atoms with Gasteiger partial charge in [-0.25, -0.2) is 0 Å². The molecule has 2 rings (SSSR count). The van der Waals surface area contributed by atoms with Crippen LogP contribution in [0.15, 0.2) is 24.3 Å². The van der Waals surface area contributed by atoms with Crippen LogP contribution in [0.2, 0.25) is 5.02 Å². The molecule has 29 heavy (non-hydrogen) atoms. The van der Waals surface area contributed by atoms with E-state index in [1.54, 1.807) is 0 Å². The standard InChI is InChI=1S/C19H29ClN4O3.2ClH/c1-13(2)18(21)19(26)23-12-17(25)22-11-16(24-6-8-27-9-7-24)14-4-3-5-15(20)10-14;;/h3-5,10,13,16,18H,6-9,11-12,21H2,1-2H3,(H,22,25)(H,23,26);2*1H/t16?,18-;;/m0../s1. The van der Waals surface area contributed by atoms with E-state index in [2.05, 4.69) is 15.5 Å². The topological polar surface area (TPSA) is 96.7 Å². The van der Waals surface area contributed by atoms with Crippen LogP contribution in [0.4, 0.5) is 0 Å². The molecule has 1 aromatic carbocycles. The predicted molar refractivity (Wildman–Crippen MR) is 120 cm³/mol. The molecule has 1 aliphatic heterocycles. The predicted octanol–water partition coefficient (Wildman–Crippen LogP) is 1.77. The number of amides is 2. The van der Waals surface area contributed by atoms with Gasteiger partial charge in [-0.3, -0.25) is 14.5 Å². The summed E-state index contributed by atoms with van der Waals surface area (Å²) in [5.41, 5.74) is 6.82. The van der Waals surface area contributed by atoms with Gasteiger partial charge in [-0.15, -0.1) is 24.8 Å². The summed E-state index contributed by atoms with van der Waals surface area (Å²) in [4.78, 5) is 26.3. The number of morpholine rings is 1. The van der Waals surface area contributed by atoms with Gasteiger partial charge in [0.2, 0.25) is 11.8 Å². The second-order valence-corrected chi connectivity index (χ2v) is 7.45. The van der Waals surface area contributed by atoms with E-state index in [4.69, 9.17) is 22.1 Å². The first-order valence-corrected chi connectivity index (χ1v) is 9.63. The fourth-order valence-electron chi connectivity index (χ4n) is 2.92. The van der Waals surface area contributed by atoms with Gasteiger partial charge in [0, 0.05) is 24.7 Å². The molecular formula is C19H31Cl3N4O3. The van der Waals surface area contributed by atoms with Crippen LogP contribution in [0.25, 0.3) is 0 Å². The number of nitrogens with zero attached hydrogens (tertiary/aromatic N) is 1. The van der Waals surface area contributed by atoms with Crippen molar-refractivity contribution >= 4 is 48.2 Å².